The second-order valence-electron chi connectivity index (χ2n) is 5.73. The van der Waals surface area contributed by atoms with E-state index in [2.05, 4.69) is 44.8 Å². The minimum absolute atomic E-state index is 1.07. The van der Waals surface area contributed by atoms with Crippen LogP contribution < -0.4 is 0 Å². The summed E-state index contributed by atoms with van der Waals surface area (Å²) >= 11 is 0. The van der Waals surface area contributed by atoms with E-state index >= 15 is 0 Å². The van der Waals surface area contributed by atoms with Crippen molar-refractivity contribution in [1.29, 1.82) is 0 Å². The van der Waals surface area contributed by atoms with Crippen molar-refractivity contribution in [2.45, 2.75) is 58.2 Å². The second-order valence-corrected chi connectivity index (χ2v) is 9.95. The summed E-state index contributed by atoms with van der Waals surface area (Å²) in [6, 6.07) is 1.26. The normalized spacial score (nSPS) is 16.1. The third-order valence-corrected chi connectivity index (χ3v) is 5.56. The molecule has 0 saturated heterocycles. The molecule has 0 amide bonds. The highest BCUT2D eigenvalue weighted by Gasteiger charge is 2.25. The van der Waals surface area contributed by atoms with Crippen molar-refractivity contribution in [3.8, 4) is 0 Å². The van der Waals surface area contributed by atoms with Gasteiger partial charge in [-0.2, -0.15) is 0 Å². The summed E-state index contributed by atoms with van der Waals surface area (Å²) < 4.78 is 6.17. The molecule has 0 spiro atoms. The van der Waals surface area contributed by atoms with E-state index in [1.165, 1.54) is 37.3 Å². The van der Waals surface area contributed by atoms with E-state index in [9.17, 15) is 0 Å². The van der Waals surface area contributed by atoms with Crippen LogP contribution in [0, 0.1) is 6.10 Å². The average Bonchev–Trinajstić information content (AvgIpc) is 2.68. The van der Waals surface area contributed by atoms with Gasteiger partial charge in [-0.05, 0) is 51.1 Å². The van der Waals surface area contributed by atoms with E-state index in [-0.39, 0.29) is 0 Å². The summed E-state index contributed by atoms with van der Waals surface area (Å²) in [5.74, 6) is 0. The first kappa shape index (κ1) is 15.5. The third kappa shape index (κ3) is 6.36. The maximum Gasteiger partial charge on any atom is 0.188 e. The van der Waals surface area contributed by atoms with E-state index in [1.54, 1.807) is 0 Å². The first-order valence-corrected chi connectivity index (χ1v) is 10.2. The lowest BCUT2D eigenvalue weighted by molar-refractivity contribution is 0.376. The van der Waals surface area contributed by atoms with Gasteiger partial charge in [0.15, 0.2) is 8.32 Å². The Hall–Kier alpha value is -0.603. The van der Waals surface area contributed by atoms with Gasteiger partial charge in [-0.15, -0.1) is 6.58 Å². The Labute approximate surface area is 114 Å². The number of hydrogen-bond donors (Lipinski definition) is 0. The van der Waals surface area contributed by atoms with Crippen molar-refractivity contribution < 1.29 is 4.43 Å². The third-order valence-electron chi connectivity index (χ3n) is 3.21. The Morgan fingerprint density at radius 2 is 1.89 bits per heavy atom. The monoisotopic (exact) mass is 263 g/mol. The number of allylic oxidation sites excluding steroid dienone is 3. The molecule has 0 fully saturated rings. The van der Waals surface area contributed by atoms with Gasteiger partial charge in [-0.3, -0.25) is 0 Å². The standard InChI is InChI=1S/C16H27OSi/c1-5-6-7-8-9-10-13-18(3,4)17-16-12-11-15(2)14-16/h5,11-12,14H,1,6-10,13H2,2-4H3. The van der Waals surface area contributed by atoms with E-state index in [1.807, 2.05) is 6.08 Å². The molecule has 1 rings (SSSR count). The van der Waals surface area contributed by atoms with E-state index < -0.39 is 8.32 Å². The van der Waals surface area contributed by atoms with Crippen LogP contribution in [0.3, 0.4) is 0 Å². The van der Waals surface area contributed by atoms with Gasteiger partial charge in [0.2, 0.25) is 0 Å². The van der Waals surface area contributed by atoms with Gasteiger partial charge < -0.3 is 4.43 Å². The Kier molecular flexibility index (Phi) is 6.65. The zero-order chi connectivity index (χ0) is 13.4. The first-order valence-electron chi connectivity index (χ1n) is 7.07. The maximum absolute atomic E-state index is 6.17. The fourth-order valence-electron chi connectivity index (χ4n) is 2.16. The smallest absolute Gasteiger partial charge is 0.188 e. The van der Waals surface area contributed by atoms with Gasteiger partial charge in [0.05, 0.1) is 0 Å². The van der Waals surface area contributed by atoms with Crippen LogP contribution >= 0.6 is 0 Å². The summed E-state index contributed by atoms with van der Waals surface area (Å²) in [5, 5.41) is 0. The highest BCUT2D eigenvalue weighted by atomic mass is 28.4. The number of unbranched alkanes of at least 4 members (excludes halogenated alkanes) is 4. The predicted molar refractivity (Wildman–Crippen MR) is 82.8 cm³/mol. The molecule has 0 aliphatic heterocycles. The van der Waals surface area contributed by atoms with Crippen LogP contribution in [0.5, 0.6) is 0 Å². The molecule has 0 unspecified atom stereocenters. The molecule has 0 atom stereocenters. The lowest BCUT2D eigenvalue weighted by Crippen LogP contribution is -2.30. The molecule has 1 aliphatic rings. The molecule has 101 valence electrons. The topological polar surface area (TPSA) is 9.23 Å². The van der Waals surface area contributed by atoms with E-state index in [0.29, 0.717) is 0 Å². The van der Waals surface area contributed by atoms with Gasteiger partial charge in [-0.25, -0.2) is 0 Å². The van der Waals surface area contributed by atoms with Crippen molar-refractivity contribution in [2.75, 3.05) is 0 Å². The van der Waals surface area contributed by atoms with Crippen LogP contribution in [-0.2, 0) is 4.43 Å². The van der Waals surface area contributed by atoms with Gasteiger partial charge in [-0.1, -0.05) is 37.0 Å². The summed E-state index contributed by atoms with van der Waals surface area (Å²) in [6.07, 6.45) is 15.8. The highest BCUT2D eigenvalue weighted by Crippen LogP contribution is 2.26. The Balaban J connectivity index is 2.15. The molecule has 2 heteroatoms. The molecule has 0 aromatic carbocycles. The SMILES string of the molecule is C=CCCCCCC[Si](C)(C)O[C]1C=CC(C)=C1. The number of rotatable bonds is 9. The minimum atomic E-state index is -1.52. The first-order chi connectivity index (χ1) is 8.53. The molecule has 0 heterocycles. The maximum atomic E-state index is 6.17. The fraction of sp³-hybridized carbons (Fsp3) is 0.562. The molecule has 0 N–H and O–H groups in total. The summed E-state index contributed by atoms with van der Waals surface area (Å²) in [4.78, 5) is 0. The van der Waals surface area contributed by atoms with Crippen molar-refractivity contribution in [3.63, 3.8) is 0 Å². The largest absolute Gasteiger partial charge is 0.402 e. The quantitative estimate of drug-likeness (QED) is 0.308. The van der Waals surface area contributed by atoms with Gasteiger partial charge >= 0.3 is 0 Å². The van der Waals surface area contributed by atoms with E-state index in [0.717, 1.165) is 12.5 Å². The molecule has 1 nitrogen and oxygen atoms in total. The van der Waals surface area contributed by atoms with Crippen molar-refractivity contribution in [1.82, 2.24) is 0 Å². The van der Waals surface area contributed by atoms with Crippen LogP contribution in [0.4, 0.5) is 0 Å². The summed E-state index contributed by atoms with van der Waals surface area (Å²) in [5.41, 5.74) is 1.29. The Bertz CT molecular complexity index is 315. The highest BCUT2D eigenvalue weighted by molar-refractivity contribution is 6.71. The van der Waals surface area contributed by atoms with Crippen LogP contribution in [0.2, 0.25) is 19.1 Å². The lowest BCUT2D eigenvalue weighted by Gasteiger charge is -2.25. The van der Waals surface area contributed by atoms with E-state index in [4.69, 9.17) is 4.43 Å². The van der Waals surface area contributed by atoms with Crippen LogP contribution in [0.15, 0.2) is 36.5 Å². The second kappa shape index (κ2) is 7.75. The summed E-state index contributed by atoms with van der Waals surface area (Å²) in [6.45, 7) is 10.5. The predicted octanol–water partition coefficient (Wildman–Crippen LogP) is 5.39. The Morgan fingerprint density at radius 3 is 2.50 bits per heavy atom. The van der Waals surface area contributed by atoms with Crippen molar-refractivity contribution in [3.05, 3.63) is 42.6 Å². The molecular weight excluding hydrogens is 236 g/mol. The molecule has 0 saturated carbocycles. The minimum Gasteiger partial charge on any atom is -0.402 e. The zero-order valence-corrected chi connectivity index (χ0v) is 13.2. The average molecular weight is 263 g/mol. The molecule has 1 radical (unpaired) electrons. The molecule has 18 heavy (non-hydrogen) atoms. The summed E-state index contributed by atoms with van der Waals surface area (Å²) in [7, 11) is -1.52. The van der Waals surface area contributed by atoms with Crippen molar-refractivity contribution >= 4 is 8.32 Å². The van der Waals surface area contributed by atoms with Crippen molar-refractivity contribution in [2.24, 2.45) is 0 Å². The van der Waals surface area contributed by atoms with Crippen LogP contribution in [0.25, 0.3) is 0 Å². The van der Waals surface area contributed by atoms with Gasteiger partial charge in [0.1, 0.15) is 6.10 Å². The number of hydrogen-bond acceptors (Lipinski definition) is 1. The molecule has 0 aromatic rings. The van der Waals surface area contributed by atoms with Gasteiger partial charge in [0.25, 0.3) is 0 Å². The van der Waals surface area contributed by atoms with Crippen LogP contribution in [-0.4, -0.2) is 8.32 Å². The zero-order valence-electron chi connectivity index (χ0n) is 12.2. The van der Waals surface area contributed by atoms with Gasteiger partial charge in [0, 0.05) is 0 Å². The molecule has 1 aliphatic carbocycles. The van der Waals surface area contributed by atoms with Crippen LogP contribution in [0.1, 0.15) is 39.0 Å². The lowest BCUT2D eigenvalue weighted by atomic mass is 10.1. The molecular formula is C16H27OSi. The molecule has 0 aromatic heterocycles. The Morgan fingerprint density at radius 1 is 1.17 bits per heavy atom. The molecule has 0 bridgehead atoms. The fourth-order valence-corrected chi connectivity index (χ4v) is 4.13.